The standard InChI is InChI=1S/C26H23F2N3O3/c1-2-33-23-8-4-3-6-20(23)30-26(32)31-13-5-7-22(31)25-29-21-15-17(10-12-24(21)34-25)16-9-11-18(27)19(28)14-16/h3-4,6,8-12,14-15,22H,2,5,7,13H2,1H3,(H,30,32)/t22-/m0/s1. The molecule has 6 nitrogen and oxygen atoms in total. The van der Waals surface area contributed by atoms with E-state index in [0.717, 1.165) is 25.0 Å². The molecule has 0 radical (unpaired) electrons. The molecule has 2 heterocycles. The molecule has 1 aliphatic heterocycles. The molecule has 1 aromatic heterocycles. The number of urea groups is 1. The smallest absolute Gasteiger partial charge is 0.322 e. The van der Waals surface area contributed by atoms with Gasteiger partial charge in [-0.05, 0) is 67.3 Å². The minimum atomic E-state index is -0.906. The zero-order valence-corrected chi connectivity index (χ0v) is 18.6. The van der Waals surface area contributed by atoms with E-state index in [2.05, 4.69) is 10.3 Å². The number of carbonyl (C=O) groups excluding carboxylic acids is 1. The largest absolute Gasteiger partial charge is 0.492 e. The molecule has 34 heavy (non-hydrogen) atoms. The molecule has 5 rings (SSSR count). The van der Waals surface area contributed by atoms with Crippen molar-refractivity contribution in [3.05, 3.63) is 78.2 Å². The molecule has 0 aliphatic carbocycles. The molecule has 0 unspecified atom stereocenters. The summed E-state index contributed by atoms with van der Waals surface area (Å²) in [7, 11) is 0. The third-order valence-electron chi connectivity index (χ3n) is 5.88. The molecule has 1 N–H and O–H groups in total. The Bertz CT molecular complexity index is 1350. The Morgan fingerprint density at radius 3 is 2.74 bits per heavy atom. The highest BCUT2D eigenvalue weighted by Gasteiger charge is 2.34. The van der Waals surface area contributed by atoms with Gasteiger partial charge in [-0.15, -0.1) is 0 Å². The molecule has 1 fully saturated rings. The Morgan fingerprint density at radius 1 is 1.12 bits per heavy atom. The third-order valence-corrected chi connectivity index (χ3v) is 5.88. The average molecular weight is 463 g/mol. The van der Waals surface area contributed by atoms with Crippen molar-refractivity contribution < 1.29 is 22.7 Å². The Hall–Kier alpha value is -3.94. The van der Waals surface area contributed by atoms with Crippen molar-refractivity contribution in [2.45, 2.75) is 25.8 Å². The molecule has 0 saturated carbocycles. The van der Waals surface area contributed by atoms with Gasteiger partial charge in [0.15, 0.2) is 17.2 Å². The Morgan fingerprint density at radius 2 is 1.91 bits per heavy atom. The molecule has 174 valence electrons. The number of benzene rings is 3. The highest BCUT2D eigenvalue weighted by Crippen LogP contribution is 2.35. The van der Waals surface area contributed by atoms with E-state index < -0.39 is 11.6 Å². The van der Waals surface area contributed by atoms with Gasteiger partial charge in [0.25, 0.3) is 0 Å². The highest BCUT2D eigenvalue weighted by atomic mass is 19.2. The van der Waals surface area contributed by atoms with Gasteiger partial charge in [0, 0.05) is 6.54 Å². The van der Waals surface area contributed by atoms with Crippen LogP contribution in [0, 0.1) is 11.6 Å². The van der Waals surface area contributed by atoms with Gasteiger partial charge in [-0.2, -0.15) is 0 Å². The molecule has 3 aromatic carbocycles. The van der Waals surface area contributed by atoms with Gasteiger partial charge >= 0.3 is 6.03 Å². The van der Waals surface area contributed by atoms with Crippen LogP contribution in [0.2, 0.25) is 0 Å². The van der Waals surface area contributed by atoms with Gasteiger partial charge < -0.3 is 19.4 Å². The predicted octanol–water partition coefficient (Wildman–Crippen LogP) is 6.54. The number of nitrogens with one attached hydrogen (secondary N) is 1. The summed E-state index contributed by atoms with van der Waals surface area (Å²) in [4.78, 5) is 19.4. The first-order valence-electron chi connectivity index (χ1n) is 11.2. The maximum Gasteiger partial charge on any atom is 0.322 e. The first-order valence-corrected chi connectivity index (χ1v) is 11.2. The first-order chi connectivity index (χ1) is 16.5. The second kappa shape index (κ2) is 9.13. The van der Waals surface area contributed by atoms with E-state index in [1.807, 2.05) is 25.1 Å². The van der Waals surface area contributed by atoms with Gasteiger partial charge in [-0.1, -0.05) is 24.3 Å². The number of fused-ring (bicyclic) bond motifs is 1. The normalized spacial score (nSPS) is 15.6. The van der Waals surface area contributed by atoms with Gasteiger partial charge in [0.1, 0.15) is 17.3 Å². The molecule has 1 atom stereocenters. The van der Waals surface area contributed by atoms with Gasteiger partial charge in [-0.25, -0.2) is 18.6 Å². The lowest BCUT2D eigenvalue weighted by Crippen LogP contribution is -2.34. The van der Waals surface area contributed by atoms with E-state index in [9.17, 15) is 13.6 Å². The number of oxazole rings is 1. The molecule has 8 heteroatoms. The van der Waals surface area contributed by atoms with Crippen molar-refractivity contribution >= 4 is 22.8 Å². The molecule has 0 spiro atoms. The molecule has 1 aliphatic rings. The number of amides is 2. The lowest BCUT2D eigenvalue weighted by molar-refractivity contribution is 0.198. The number of carbonyl (C=O) groups is 1. The van der Waals surface area contributed by atoms with Crippen LogP contribution < -0.4 is 10.1 Å². The van der Waals surface area contributed by atoms with Crippen LogP contribution in [-0.4, -0.2) is 29.1 Å². The van der Waals surface area contributed by atoms with Crippen molar-refractivity contribution in [3.8, 4) is 16.9 Å². The lowest BCUT2D eigenvalue weighted by atomic mass is 10.1. The minimum Gasteiger partial charge on any atom is -0.492 e. The second-order valence-corrected chi connectivity index (χ2v) is 8.07. The predicted molar refractivity (Wildman–Crippen MR) is 125 cm³/mol. The summed E-state index contributed by atoms with van der Waals surface area (Å²) < 4.78 is 38.6. The highest BCUT2D eigenvalue weighted by molar-refractivity contribution is 5.91. The summed E-state index contributed by atoms with van der Waals surface area (Å²) in [6.07, 6.45) is 1.55. The number of halogens is 2. The van der Waals surface area contributed by atoms with Crippen LogP contribution in [0.5, 0.6) is 5.75 Å². The fraction of sp³-hybridized carbons (Fsp3) is 0.231. The number of anilines is 1. The number of rotatable bonds is 5. The van der Waals surface area contributed by atoms with Crippen LogP contribution in [0.25, 0.3) is 22.2 Å². The first kappa shape index (κ1) is 21.9. The summed E-state index contributed by atoms with van der Waals surface area (Å²) in [6.45, 7) is 2.96. The van der Waals surface area contributed by atoms with E-state index >= 15 is 0 Å². The average Bonchev–Trinajstić information content (AvgIpc) is 3.49. The zero-order chi connectivity index (χ0) is 23.7. The van der Waals surface area contributed by atoms with Gasteiger partial charge in [-0.3, -0.25) is 0 Å². The molecular weight excluding hydrogens is 440 g/mol. The molecule has 1 saturated heterocycles. The van der Waals surface area contributed by atoms with Crippen LogP contribution in [-0.2, 0) is 0 Å². The van der Waals surface area contributed by atoms with Crippen LogP contribution in [0.3, 0.4) is 0 Å². The van der Waals surface area contributed by atoms with E-state index in [1.165, 1.54) is 6.07 Å². The zero-order valence-electron chi connectivity index (χ0n) is 18.6. The van der Waals surface area contributed by atoms with E-state index in [1.54, 1.807) is 29.2 Å². The van der Waals surface area contributed by atoms with Crippen LogP contribution >= 0.6 is 0 Å². The fourth-order valence-corrected chi connectivity index (χ4v) is 4.25. The maximum absolute atomic E-state index is 13.7. The van der Waals surface area contributed by atoms with Gasteiger partial charge in [0.05, 0.1) is 12.3 Å². The van der Waals surface area contributed by atoms with Crippen molar-refractivity contribution in [3.63, 3.8) is 0 Å². The Labute approximate surface area is 195 Å². The third kappa shape index (κ3) is 4.19. The topological polar surface area (TPSA) is 67.6 Å². The number of likely N-dealkylation sites (tertiary alicyclic amines) is 1. The number of hydrogen-bond donors (Lipinski definition) is 1. The summed E-state index contributed by atoms with van der Waals surface area (Å²) in [5.74, 6) is -0.738. The van der Waals surface area contributed by atoms with Crippen LogP contribution in [0.4, 0.5) is 19.3 Å². The second-order valence-electron chi connectivity index (χ2n) is 8.07. The molecule has 0 bridgehead atoms. The summed E-state index contributed by atoms with van der Waals surface area (Å²) in [5.41, 5.74) is 3.00. The monoisotopic (exact) mass is 463 g/mol. The van der Waals surface area contributed by atoms with Crippen LogP contribution in [0.15, 0.2) is 65.1 Å². The summed E-state index contributed by atoms with van der Waals surface area (Å²) in [6, 6.07) is 15.8. The molecule has 4 aromatic rings. The fourth-order valence-electron chi connectivity index (χ4n) is 4.25. The van der Waals surface area contributed by atoms with Crippen molar-refractivity contribution in [1.82, 2.24) is 9.88 Å². The Balaban J connectivity index is 1.39. The maximum atomic E-state index is 13.7. The van der Waals surface area contributed by atoms with Crippen LogP contribution in [0.1, 0.15) is 31.7 Å². The number of ether oxygens (including phenoxy) is 1. The molecular formula is C26H23F2N3O3. The van der Waals surface area contributed by atoms with Crippen molar-refractivity contribution in [2.24, 2.45) is 0 Å². The van der Waals surface area contributed by atoms with Crippen molar-refractivity contribution in [1.29, 1.82) is 0 Å². The van der Waals surface area contributed by atoms with E-state index in [-0.39, 0.29) is 12.1 Å². The lowest BCUT2D eigenvalue weighted by Gasteiger charge is -2.23. The number of hydrogen-bond acceptors (Lipinski definition) is 4. The number of aromatic nitrogens is 1. The van der Waals surface area contributed by atoms with E-state index in [0.29, 0.717) is 52.7 Å². The molecule has 2 amide bonds. The van der Waals surface area contributed by atoms with Gasteiger partial charge in [0.2, 0.25) is 5.89 Å². The van der Waals surface area contributed by atoms with Crippen molar-refractivity contribution in [2.75, 3.05) is 18.5 Å². The number of nitrogens with zero attached hydrogens (tertiary/aromatic N) is 2. The minimum absolute atomic E-state index is 0.251. The Kier molecular flexibility index (Phi) is 5.88. The van der Waals surface area contributed by atoms with E-state index in [4.69, 9.17) is 9.15 Å². The number of para-hydroxylation sites is 2. The SMILES string of the molecule is CCOc1ccccc1NC(=O)N1CCC[C@H]1c1nc2cc(-c3ccc(F)c(F)c3)ccc2o1. The quantitative estimate of drug-likeness (QED) is 0.365. The summed E-state index contributed by atoms with van der Waals surface area (Å²) >= 11 is 0. The summed E-state index contributed by atoms with van der Waals surface area (Å²) in [5, 5.41) is 2.94.